The fourth-order valence-electron chi connectivity index (χ4n) is 6.89. The average Bonchev–Trinajstić information content (AvgIpc) is 2.92. The third kappa shape index (κ3) is 8.02. The normalized spacial score (nSPS) is 22.6. The van der Waals surface area contributed by atoms with Crippen molar-refractivity contribution < 1.29 is 24.4 Å². The van der Waals surface area contributed by atoms with Gasteiger partial charge in [-0.05, 0) is 75.6 Å². The third-order valence-electron chi connectivity index (χ3n) is 8.74. The van der Waals surface area contributed by atoms with E-state index in [1.807, 2.05) is 0 Å². The SMILES string of the molecule is CC1CC(C)(C)N(CC(O)COCCOCCOCC(O)CN2c3ccccc3C(C)CC2(C)C)c2ccccc21. The Hall–Kier alpha value is -2.16. The van der Waals surface area contributed by atoms with Crippen molar-refractivity contribution in [3.63, 3.8) is 0 Å². The Bertz CT molecular complexity index is 1020. The van der Waals surface area contributed by atoms with E-state index in [2.05, 4.69) is 99.9 Å². The summed E-state index contributed by atoms with van der Waals surface area (Å²) in [6.07, 6.45) is 0.934. The van der Waals surface area contributed by atoms with Crippen LogP contribution in [0.3, 0.4) is 0 Å². The molecule has 2 aromatic rings. The zero-order valence-electron chi connectivity index (χ0n) is 26.0. The van der Waals surface area contributed by atoms with Crippen LogP contribution in [-0.2, 0) is 14.2 Å². The van der Waals surface area contributed by atoms with Crippen LogP contribution in [0.15, 0.2) is 48.5 Å². The Morgan fingerprint density at radius 1 is 0.659 bits per heavy atom. The van der Waals surface area contributed by atoms with Gasteiger partial charge in [0.2, 0.25) is 0 Å². The second kappa shape index (κ2) is 13.9. The molecule has 4 unspecified atom stereocenters. The summed E-state index contributed by atoms with van der Waals surface area (Å²) in [6.45, 7) is 16.8. The van der Waals surface area contributed by atoms with E-state index in [0.717, 1.165) is 12.8 Å². The van der Waals surface area contributed by atoms with Crippen LogP contribution < -0.4 is 9.80 Å². The molecule has 2 aromatic carbocycles. The van der Waals surface area contributed by atoms with Gasteiger partial charge in [-0.1, -0.05) is 50.2 Å². The van der Waals surface area contributed by atoms with Gasteiger partial charge in [0.15, 0.2) is 0 Å². The topological polar surface area (TPSA) is 74.6 Å². The van der Waals surface area contributed by atoms with E-state index in [0.29, 0.717) is 51.4 Å². The van der Waals surface area contributed by atoms with Gasteiger partial charge in [-0.15, -0.1) is 0 Å². The van der Waals surface area contributed by atoms with Crippen LogP contribution in [0, 0.1) is 0 Å². The lowest BCUT2D eigenvalue weighted by Crippen LogP contribution is -2.52. The van der Waals surface area contributed by atoms with Crippen molar-refractivity contribution in [3.8, 4) is 0 Å². The van der Waals surface area contributed by atoms with Crippen LogP contribution in [0.25, 0.3) is 0 Å². The lowest BCUT2D eigenvalue weighted by molar-refractivity contribution is -0.0204. The van der Waals surface area contributed by atoms with E-state index < -0.39 is 12.2 Å². The molecule has 228 valence electrons. The molecule has 7 heteroatoms. The number of benzene rings is 2. The predicted octanol–water partition coefficient (Wildman–Crippen LogP) is 5.34. The molecule has 2 N–H and O–H groups in total. The van der Waals surface area contributed by atoms with Gasteiger partial charge in [0.1, 0.15) is 0 Å². The van der Waals surface area contributed by atoms with Crippen molar-refractivity contribution in [2.45, 2.75) is 89.5 Å². The first-order valence-corrected chi connectivity index (χ1v) is 15.3. The first-order valence-electron chi connectivity index (χ1n) is 15.3. The summed E-state index contributed by atoms with van der Waals surface area (Å²) >= 11 is 0. The maximum atomic E-state index is 10.7. The molecule has 0 amide bonds. The van der Waals surface area contributed by atoms with Crippen molar-refractivity contribution in [1.29, 1.82) is 0 Å². The molecule has 2 heterocycles. The maximum absolute atomic E-state index is 10.7. The molecule has 2 aliphatic rings. The van der Waals surface area contributed by atoms with E-state index >= 15 is 0 Å². The van der Waals surface area contributed by atoms with Gasteiger partial charge in [-0.25, -0.2) is 0 Å². The molecule has 4 atom stereocenters. The van der Waals surface area contributed by atoms with Gasteiger partial charge in [-0.3, -0.25) is 0 Å². The molecule has 0 aromatic heterocycles. The summed E-state index contributed by atoms with van der Waals surface area (Å²) in [5, 5.41) is 21.4. The molecule has 7 nitrogen and oxygen atoms in total. The Balaban J connectivity index is 1.09. The van der Waals surface area contributed by atoms with E-state index in [-0.39, 0.29) is 24.3 Å². The molecule has 0 spiro atoms. The summed E-state index contributed by atoms with van der Waals surface area (Å²) in [5.74, 6) is 0.997. The zero-order valence-corrected chi connectivity index (χ0v) is 26.0. The molecule has 41 heavy (non-hydrogen) atoms. The van der Waals surface area contributed by atoms with Gasteiger partial charge in [-0.2, -0.15) is 0 Å². The summed E-state index contributed by atoms with van der Waals surface area (Å²) < 4.78 is 17.1. The highest BCUT2D eigenvalue weighted by Gasteiger charge is 2.38. The monoisotopic (exact) mass is 568 g/mol. The summed E-state index contributed by atoms with van der Waals surface area (Å²) in [6, 6.07) is 17.0. The van der Waals surface area contributed by atoms with Crippen molar-refractivity contribution in [2.24, 2.45) is 0 Å². The zero-order chi connectivity index (χ0) is 29.6. The van der Waals surface area contributed by atoms with E-state index in [9.17, 15) is 10.2 Å². The lowest BCUT2D eigenvalue weighted by atomic mass is 9.80. The maximum Gasteiger partial charge on any atom is 0.0948 e. The number of aliphatic hydroxyl groups excluding tert-OH is 2. The molecule has 0 bridgehead atoms. The van der Waals surface area contributed by atoms with Crippen LogP contribution >= 0.6 is 0 Å². The fraction of sp³-hybridized carbons (Fsp3) is 0.647. The van der Waals surface area contributed by atoms with E-state index in [1.54, 1.807) is 0 Å². The number of hydrogen-bond donors (Lipinski definition) is 2. The summed E-state index contributed by atoms with van der Waals surface area (Å²) in [7, 11) is 0. The van der Waals surface area contributed by atoms with Gasteiger partial charge >= 0.3 is 0 Å². The van der Waals surface area contributed by atoms with Gasteiger partial charge in [0, 0.05) is 35.5 Å². The highest BCUT2D eigenvalue weighted by Crippen LogP contribution is 2.44. The Labute approximate surface area is 247 Å². The number of fused-ring (bicyclic) bond motifs is 2. The molecular weight excluding hydrogens is 516 g/mol. The van der Waals surface area contributed by atoms with Crippen molar-refractivity contribution in [3.05, 3.63) is 59.7 Å². The van der Waals surface area contributed by atoms with E-state index in [1.165, 1.54) is 22.5 Å². The number of β-amino-alcohol motifs (C(OH)–C–C–N with tert-alkyl or cyclic N) is 2. The van der Waals surface area contributed by atoms with Crippen molar-refractivity contribution in [1.82, 2.24) is 0 Å². The van der Waals surface area contributed by atoms with Crippen molar-refractivity contribution >= 4 is 11.4 Å². The second-order valence-corrected chi connectivity index (χ2v) is 13.2. The minimum Gasteiger partial charge on any atom is -0.389 e. The molecule has 0 radical (unpaired) electrons. The number of anilines is 2. The molecule has 0 fully saturated rings. The second-order valence-electron chi connectivity index (χ2n) is 13.2. The number of hydrogen-bond acceptors (Lipinski definition) is 7. The number of aliphatic hydroxyl groups is 2. The predicted molar refractivity (Wildman–Crippen MR) is 166 cm³/mol. The molecule has 0 aliphatic carbocycles. The largest absolute Gasteiger partial charge is 0.389 e. The molecule has 0 saturated heterocycles. The minimum atomic E-state index is -0.583. The first-order chi connectivity index (χ1) is 19.5. The quantitative estimate of drug-likeness (QED) is 0.298. The number of nitrogens with zero attached hydrogens (tertiary/aromatic N) is 2. The summed E-state index contributed by atoms with van der Waals surface area (Å²) in [4.78, 5) is 4.65. The summed E-state index contributed by atoms with van der Waals surface area (Å²) in [5.41, 5.74) is 5.05. The fourth-order valence-corrected chi connectivity index (χ4v) is 6.89. The standard InChI is InChI=1S/C34H52N2O5/c1-25-19-33(3,4)35(31-13-9-7-11-29(25)31)21-27(37)23-40-17-15-39-16-18-41-24-28(38)22-36-32-14-10-8-12-30(32)26(2)20-34(36,5)6/h7-14,25-28,37-38H,15-24H2,1-6H3. The van der Waals surface area contributed by atoms with Crippen LogP contribution in [0.2, 0.25) is 0 Å². The number of ether oxygens (including phenoxy) is 3. The van der Waals surface area contributed by atoms with Crippen LogP contribution in [0.1, 0.15) is 77.3 Å². The highest BCUT2D eigenvalue weighted by atomic mass is 16.5. The number of rotatable bonds is 14. The van der Waals surface area contributed by atoms with Gasteiger partial charge in [0.25, 0.3) is 0 Å². The molecule has 2 aliphatic heterocycles. The molecule has 4 rings (SSSR count). The minimum absolute atomic E-state index is 0.0293. The molecule has 0 saturated carbocycles. The average molecular weight is 569 g/mol. The van der Waals surface area contributed by atoms with Crippen LogP contribution in [0.5, 0.6) is 0 Å². The van der Waals surface area contributed by atoms with Crippen LogP contribution in [0.4, 0.5) is 11.4 Å². The van der Waals surface area contributed by atoms with Gasteiger partial charge in [0.05, 0.1) is 51.8 Å². The Morgan fingerprint density at radius 3 is 1.44 bits per heavy atom. The van der Waals surface area contributed by atoms with E-state index in [4.69, 9.17) is 14.2 Å². The number of para-hydroxylation sites is 2. The molecular formula is C34H52N2O5. The Kier molecular flexibility index (Phi) is 10.8. The first kappa shape index (κ1) is 31.8. The third-order valence-corrected chi connectivity index (χ3v) is 8.74. The lowest BCUT2D eigenvalue weighted by Gasteiger charge is -2.48. The van der Waals surface area contributed by atoms with Gasteiger partial charge < -0.3 is 34.2 Å². The smallest absolute Gasteiger partial charge is 0.0948 e. The Morgan fingerprint density at radius 2 is 1.02 bits per heavy atom. The highest BCUT2D eigenvalue weighted by molar-refractivity contribution is 5.60. The van der Waals surface area contributed by atoms with Crippen molar-refractivity contribution in [2.75, 3.05) is 62.5 Å². The van der Waals surface area contributed by atoms with Crippen LogP contribution in [-0.4, -0.2) is 86.2 Å².